The third kappa shape index (κ3) is 5.48. The maximum absolute atomic E-state index is 4.56. The van der Waals surface area contributed by atoms with Crippen LogP contribution in [0.4, 0.5) is 11.8 Å². The summed E-state index contributed by atoms with van der Waals surface area (Å²) in [6, 6.07) is 0.537. The zero-order valence-electron chi connectivity index (χ0n) is 14.1. The van der Waals surface area contributed by atoms with Crippen molar-refractivity contribution in [3.63, 3.8) is 0 Å². The number of anilines is 2. The highest BCUT2D eigenvalue weighted by Gasteiger charge is 2.13. The van der Waals surface area contributed by atoms with Gasteiger partial charge in [-0.1, -0.05) is 37.3 Å². The van der Waals surface area contributed by atoms with E-state index >= 15 is 0 Å². The van der Waals surface area contributed by atoms with E-state index in [2.05, 4.69) is 31.9 Å². The molecule has 5 nitrogen and oxygen atoms in total. The molecule has 0 aliphatic heterocycles. The highest BCUT2D eigenvalue weighted by atomic mass is 15.3. The van der Waals surface area contributed by atoms with E-state index in [1.807, 2.05) is 0 Å². The van der Waals surface area contributed by atoms with Gasteiger partial charge in [-0.3, -0.25) is 0 Å². The molecule has 23 heavy (non-hydrogen) atoms. The molecule has 0 amide bonds. The van der Waals surface area contributed by atoms with Crippen LogP contribution in [0.25, 0.3) is 0 Å². The Bertz CT molecular complexity index is 506. The van der Waals surface area contributed by atoms with E-state index in [4.69, 9.17) is 0 Å². The summed E-state index contributed by atoms with van der Waals surface area (Å²) in [4.78, 5) is 4.56. The SMILES string of the molecule is C1=C(CCNc2nncc(NC3CCCCCC3)n2)CCCC1. The lowest BCUT2D eigenvalue weighted by Gasteiger charge is -2.17. The zero-order valence-corrected chi connectivity index (χ0v) is 14.1. The minimum absolute atomic E-state index is 0.537. The summed E-state index contributed by atoms with van der Waals surface area (Å²) in [6.07, 6.45) is 18.2. The fourth-order valence-electron chi connectivity index (χ4n) is 3.55. The summed E-state index contributed by atoms with van der Waals surface area (Å²) < 4.78 is 0. The highest BCUT2D eigenvalue weighted by Crippen LogP contribution is 2.21. The number of hydrogen-bond acceptors (Lipinski definition) is 5. The molecule has 1 aromatic rings. The summed E-state index contributed by atoms with van der Waals surface area (Å²) in [6.45, 7) is 0.889. The highest BCUT2D eigenvalue weighted by molar-refractivity contribution is 5.38. The molecule has 2 aliphatic carbocycles. The second kappa shape index (κ2) is 8.85. The second-order valence-electron chi connectivity index (χ2n) is 6.78. The molecule has 1 fully saturated rings. The van der Waals surface area contributed by atoms with Gasteiger partial charge in [-0.2, -0.15) is 10.1 Å². The monoisotopic (exact) mass is 315 g/mol. The van der Waals surface area contributed by atoms with Crippen LogP contribution in [0.15, 0.2) is 17.8 Å². The molecule has 0 aromatic carbocycles. The van der Waals surface area contributed by atoms with Crippen LogP contribution in [0.3, 0.4) is 0 Å². The van der Waals surface area contributed by atoms with Crippen LogP contribution in [0.5, 0.6) is 0 Å². The number of nitrogens with one attached hydrogen (secondary N) is 2. The first-order valence-corrected chi connectivity index (χ1v) is 9.28. The predicted octanol–water partition coefficient (Wildman–Crippen LogP) is 4.31. The van der Waals surface area contributed by atoms with Crippen LogP contribution >= 0.6 is 0 Å². The maximum atomic E-state index is 4.56. The van der Waals surface area contributed by atoms with E-state index < -0.39 is 0 Å². The number of hydrogen-bond donors (Lipinski definition) is 2. The molecule has 5 heteroatoms. The Labute approximate surface area is 139 Å². The van der Waals surface area contributed by atoms with Gasteiger partial charge in [0.05, 0.1) is 6.20 Å². The van der Waals surface area contributed by atoms with Crippen molar-refractivity contribution in [3.8, 4) is 0 Å². The Hall–Kier alpha value is -1.65. The van der Waals surface area contributed by atoms with Crippen LogP contribution < -0.4 is 10.6 Å². The van der Waals surface area contributed by atoms with Crippen LogP contribution in [0, 0.1) is 0 Å². The first kappa shape index (κ1) is 16.2. The van der Waals surface area contributed by atoms with Crippen molar-refractivity contribution in [3.05, 3.63) is 17.8 Å². The van der Waals surface area contributed by atoms with Gasteiger partial charge in [0.15, 0.2) is 5.82 Å². The van der Waals surface area contributed by atoms with E-state index in [1.54, 1.807) is 11.8 Å². The van der Waals surface area contributed by atoms with Crippen LogP contribution in [-0.4, -0.2) is 27.8 Å². The van der Waals surface area contributed by atoms with Crippen molar-refractivity contribution in [1.82, 2.24) is 15.2 Å². The van der Waals surface area contributed by atoms with Crippen LogP contribution in [0.2, 0.25) is 0 Å². The molecule has 0 bridgehead atoms. The first-order valence-electron chi connectivity index (χ1n) is 9.28. The Morgan fingerprint density at radius 1 is 1.04 bits per heavy atom. The molecule has 0 saturated heterocycles. The molecule has 2 N–H and O–H groups in total. The van der Waals surface area contributed by atoms with Crippen molar-refractivity contribution >= 4 is 11.8 Å². The van der Waals surface area contributed by atoms with Gasteiger partial charge in [-0.25, -0.2) is 0 Å². The smallest absolute Gasteiger partial charge is 0.244 e. The van der Waals surface area contributed by atoms with E-state index in [-0.39, 0.29) is 0 Å². The van der Waals surface area contributed by atoms with Gasteiger partial charge < -0.3 is 10.6 Å². The van der Waals surface area contributed by atoms with Gasteiger partial charge >= 0.3 is 0 Å². The minimum Gasteiger partial charge on any atom is -0.366 e. The number of allylic oxidation sites excluding steroid dienone is 1. The lowest BCUT2D eigenvalue weighted by Crippen LogP contribution is -2.20. The number of rotatable bonds is 6. The van der Waals surface area contributed by atoms with Crippen molar-refractivity contribution in [2.75, 3.05) is 17.2 Å². The molecule has 0 radical (unpaired) electrons. The molecular formula is C18H29N5. The van der Waals surface area contributed by atoms with Crippen molar-refractivity contribution < 1.29 is 0 Å². The second-order valence-corrected chi connectivity index (χ2v) is 6.78. The zero-order chi connectivity index (χ0) is 15.7. The van der Waals surface area contributed by atoms with Crippen LogP contribution in [0.1, 0.15) is 70.6 Å². The fraction of sp³-hybridized carbons (Fsp3) is 0.722. The van der Waals surface area contributed by atoms with E-state index in [9.17, 15) is 0 Å². The third-order valence-electron chi connectivity index (χ3n) is 4.88. The quantitative estimate of drug-likeness (QED) is 0.605. The molecule has 0 spiro atoms. The average Bonchev–Trinajstić information content (AvgIpc) is 2.85. The molecular weight excluding hydrogens is 286 g/mol. The lowest BCUT2D eigenvalue weighted by molar-refractivity contribution is 0.616. The van der Waals surface area contributed by atoms with Crippen molar-refractivity contribution in [1.29, 1.82) is 0 Å². The van der Waals surface area contributed by atoms with Crippen molar-refractivity contribution in [2.24, 2.45) is 0 Å². The van der Waals surface area contributed by atoms with Gasteiger partial charge in [0.2, 0.25) is 5.95 Å². The predicted molar refractivity (Wildman–Crippen MR) is 94.6 cm³/mol. The maximum Gasteiger partial charge on any atom is 0.244 e. The Kier molecular flexibility index (Phi) is 6.24. The third-order valence-corrected chi connectivity index (χ3v) is 4.88. The fourth-order valence-corrected chi connectivity index (χ4v) is 3.55. The standard InChI is InChI=1S/C18H29N5/c1-2-7-11-16(10-6-1)21-17-14-20-23-18(22-17)19-13-12-15-8-4-3-5-9-15/h8,14,16H,1-7,9-13H2,(H2,19,21,22,23). The lowest BCUT2D eigenvalue weighted by atomic mass is 9.97. The summed E-state index contributed by atoms with van der Waals surface area (Å²) in [5.41, 5.74) is 1.57. The largest absolute Gasteiger partial charge is 0.366 e. The van der Waals surface area contributed by atoms with Gasteiger partial charge in [0.1, 0.15) is 0 Å². The Morgan fingerprint density at radius 3 is 2.70 bits per heavy atom. The molecule has 1 aromatic heterocycles. The number of aromatic nitrogens is 3. The Balaban J connectivity index is 1.47. The molecule has 126 valence electrons. The van der Waals surface area contributed by atoms with Crippen molar-refractivity contribution in [2.45, 2.75) is 76.7 Å². The van der Waals surface area contributed by atoms with E-state index in [1.165, 1.54) is 64.2 Å². The molecule has 1 heterocycles. The molecule has 0 unspecified atom stereocenters. The van der Waals surface area contributed by atoms with Gasteiger partial charge in [0, 0.05) is 12.6 Å². The summed E-state index contributed by atoms with van der Waals surface area (Å²) in [5, 5.41) is 15.0. The molecule has 1 saturated carbocycles. The van der Waals surface area contributed by atoms with Crippen LogP contribution in [-0.2, 0) is 0 Å². The van der Waals surface area contributed by atoms with Gasteiger partial charge in [-0.15, -0.1) is 5.10 Å². The molecule has 3 rings (SSSR count). The van der Waals surface area contributed by atoms with E-state index in [0.29, 0.717) is 12.0 Å². The average molecular weight is 315 g/mol. The topological polar surface area (TPSA) is 62.7 Å². The summed E-state index contributed by atoms with van der Waals surface area (Å²) in [5.74, 6) is 1.49. The summed E-state index contributed by atoms with van der Waals surface area (Å²) in [7, 11) is 0. The first-order chi connectivity index (χ1) is 11.4. The molecule has 0 atom stereocenters. The number of nitrogens with zero attached hydrogens (tertiary/aromatic N) is 3. The Morgan fingerprint density at radius 2 is 1.91 bits per heavy atom. The summed E-state index contributed by atoms with van der Waals surface area (Å²) >= 11 is 0. The van der Waals surface area contributed by atoms with E-state index in [0.717, 1.165) is 18.8 Å². The van der Waals surface area contributed by atoms with Gasteiger partial charge in [0.25, 0.3) is 0 Å². The van der Waals surface area contributed by atoms with Gasteiger partial charge in [-0.05, 0) is 44.9 Å². The molecule has 2 aliphatic rings. The minimum atomic E-state index is 0.537. The normalized spacial score (nSPS) is 19.7.